The van der Waals surface area contributed by atoms with Gasteiger partial charge in [0.1, 0.15) is 5.82 Å². The Bertz CT molecular complexity index is 525. The minimum Gasteiger partial charge on any atom is -0.384 e. The predicted molar refractivity (Wildman–Crippen MR) is 91.6 cm³/mol. The molecule has 1 saturated heterocycles. The zero-order valence-corrected chi connectivity index (χ0v) is 15.1. The van der Waals surface area contributed by atoms with Crippen LogP contribution in [0.4, 0.5) is 10.6 Å². The number of aromatic nitrogens is 2. The number of amides is 2. The van der Waals surface area contributed by atoms with E-state index in [4.69, 9.17) is 4.74 Å². The van der Waals surface area contributed by atoms with E-state index in [1.807, 2.05) is 18.0 Å². The normalized spacial score (nSPS) is 16.7. The fourth-order valence-corrected chi connectivity index (χ4v) is 3.00. The third kappa shape index (κ3) is 5.23. The van der Waals surface area contributed by atoms with E-state index in [2.05, 4.69) is 31.2 Å². The van der Waals surface area contributed by atoms with Gasteiger partial charge in [-0.05, 0) is 30.6 Å². The van der Waals surface area contributed by atoms with Crippen molar-refractivity contribution >= 4 is 11.8 Å². The van der Waals surface area contributed by atoms with Crippen molar-refractivity contribution in [2.45, 2.75) is 40.0 Å². The summed E-state index contributed by atoms with van der Waals surface area (Å²) < 4.78 is 6.95. The Morgan fingerprint density at radius 3 is 2.61 bits per heavy atom. The molecule has 1 aliphatic rings. The third-order valence-corrected chi connectivity index (χ3v) is 4.18. The summed E-state index contributed by atoms with van der Waals surface area (Å²) in [4.78, 5) is 14.3. The van der Waals surface area contributed by atoms with Crippen LogP contribution in [0.5, 0.6) is 0 Å². The lowest BCUT2D eigenvalue weighted by Crippen LogP contribution is -2.42. The fraction of sp³-hybridized carbons (Fsp3) is 0.765. The van der Waals surface area contributed by atoms with Crippen LogP contribution >= 0.6 is 0 Å². The molecule has 1 fully saturated rings. The van der Waals surface area contributed by atoms with Gasteiger partial charge >= 0.3 is 6.03 Å². The number of carbonyl (C=O) groups excluding carboxylic acids is 1. The first-order valence-corrected chi connectivity index (χ1v) is 8.36. The van der Waals surface area contributed by atoms with Crippen molar-refractivity contribution in [3.63, 3.8) is 0 Å². The zero-order valence-electron chi connectivity index (χ0n) is 15.1. The Hall–Kier alpha value is -1.56. The van der Waals surface area contributed by atoms with Crippen LogP contribution in [0, 0.1) is 11.3 Å². The summed E-state index contributed by atoms with van der Waals surface area (Å²) in [5.41, 5.74) is 1.19. The molecule has 1 aliphatic heterocycles. The monoisotopic (exact) mass is 322 g/mol. The lowest BCUT2D eigenvalue weighted by atomic mass is 9.91. The van der Waals surface area contributed by atoms with Crippen molar-refractivity contribution in [3.8, 4) is 0 Å². The standard InChI is InChI=1S/C17H30N4O2/c1-17(2,3)11-14-10-15(20(4)19-14)18-16(22)21-8-6-13(7-9-21)12-23-5/h10,13H,6-9,11-12H2,1-5H3,(H,18,22). The highest BCUT2D eigenvalue weighted by Gasteiger charge is 2.23. The van der Waals surface area contributed by atoms with E-state index < -0.39 is 0 Å². The highest BCUT2D eigenvalue weighted by Crippen LogP contribution is 2.22. The Morgan fingerprint density at radius 2 is 2.04 bits per heavy atom. The van der Waals surface area contributed by atoms with E-state index in [1.54, 1.807) is 11.8 Å². The number of nitrogens with zero attached hydrogens (tertiary/aromatic N) is 3. The second-order valence-electron chi connectivity index (χ2n) is 7.70. The number of hydrogen-bond donors (Lipinski definition) is 1. The first-order valence-electron chi connectivity index (χ1n) is 8.36. The molecule has 1 N–H and O–H groups in total. The zero-order chi connectivity index (χ0) is 17.0. The minimum absolute atomic E-state index is 0.0359. The van der Waals surface area contributed by atoms with Gasteiger partial charge in [0.25, 0.3) is 0 Å². The molecule has 6 heteroatoms. The molecule has 130 valence electrons. The maximum Gasteiger partial charge on any atom is 0.322 e. The quantitative estimate of drug-likeness (QED) is 0.927. The summed E-state index contributed by atoms with van der Waals surface area (Å²) in [6.07, 6.45) is 2.89. The van der Waals surface area contributed by atoms with Crippen LogP contribution in [-0.2, 0) is 18.2 Å². The van der Waals surface area contributed by atoms with Crippen LogP contribution in [-0.4, -0.2) is 47.5 Å². The number of rotatable bonds is 4. The number of piperidine rings is 1. The molecular formula is C17H30N4O2. The van der Waals surface area contributed by atoms with Gasteiger partial charge in [0, 0.05) is 39.9 Å². The van der Waals surface area contributed by atoms with Gasteiger partial charge in [-0.2, -0.15) is 5.10 Å². The molecule has 0 radical (unpaired) electrons. The Balaban J connectivity index is 1.91. The van der Waals surface area contributed by atoms with Crippen LogP contribution in [0.15, 0.2) is 6.07 Å². The molecular weight excluding hydrogens is 292 g/mol. The smallest absolute Gasteiger partial charge is 0.322 e. The number of anilines is 1. The third-order valence-electron chi connectivity index (χ3n) is 4.18. The van der Waals surface area contributed by atoms with Gasteiger partial charge in [-0.25, -0.2) is 4.79 Å². The summed E-state index contributed by atoms with van der Waals surface area (Å²) in [6, 6.07) is 1.94. The average Bonchev–Trinajstić information content (AvgIpc) is 2.77. The van der Waals surface area contributed by atoms with Crippen molar-refractivity contribution in [1.82, 2.24) is 14.7 Å². The maximum atomic E-state index is 12.4. The van der Waals surface area contributed by atoms with Gasteiger partial charge in [0.15, 0.2) is 0 Å². The van der Waals surface area contributed by atoms with Crippen LogP contribution < -0.4 is 5.32 Å². The first-order chi connectivity index (χ1) is 10.8. The van der Waals surface area contributed by atoms with E-state index in [0.717, 1.165) is 50.5 Å². The van der Waals surface area contributed by atoms with E-state index in [0.29, 0.717) is 5.92 Å². The maximum absolute atomic E-state index is 12.4. The lowest BCUT2D eigenvalue weighted by molar-refractivity contribution is 0.110. The van der Waals surface area contributed by atoms with Gasteiger partial charge in [-0.15, -0.1) is 0 Å². The topological polar surface area (TPSA) is 59.4 Å². The van der Waals surface area contributed by atoms with Crippen molar-refractivity contribution < 1.29 is 9.53 Å². The van der Waals surface area contributed by atoms with Crippen LogP contribution in [0.3, 0.4) is 0 Å². The fourth-order valence-electron chi connectivity index (χ4n) is 3.00. The molecule has 0 bridgehead atoms. The first kappa shape index (κ1) is 17.8. The molecule has 0 aliphatic carbocycles. The molecule has 0 unspecified atom stereocenters. The van der Waals surface area contributed by atoms with Crippen molar-refractivity contribution in [3.05, 3.63) is 11.8 Å². The Kier molecular flexibility index (Phi) is 5.68. The van der Waals surface area contributed by atoms with Crippen molar-refractivity contribution in [2.24, 2.45) is 18.4 Å². The number of likely N-dealkylation sites (tertiary alicyclic amines) is 1. The molecule has 0 saturated carbocycles. The summed E-state index contributed by atoms with van der Waals surface area (Å²) in [7, 11) is 3.60. The van der Waals surface area contributed by atoms with Gasteiger partial charge in [-0.3, -0.25) is 10.00 Å². The molecule has 2 amide bonds. The Labute approximate surface area is 139 Å². The molecule has 0 aromatic carbocycles. The predicted octanol–water partition coefficient (Wildman–Crippen LogP) is 2.90. The molecule has 1 aromatic heterocycles. The molecule has 1 aromatic rings. The van der Waals surface area contributed by atoms with Crippen molar-refractivity contribution in [2.75, 3.05) is 32.1 Å². The van der Waals surface area contributed by atoms with Gasteiger partial charge in [0.2, 0.25) is 0 Å². The van der Waals surface area contributed by atoms with E-state index in [-0.39, 0.29) is 11.4 Å². The highest BCUT2D eigenvalue weighted by molar-refractivity contribution is 5.88. The molecule has 0 spiro atoms. The SMILES string of the molecule is COCC1CCN(C(=O)Nc2cc(CC(C)(C)C)nn2C)CC1. The number of hydrogen-bond acceptors (Lipinski definition) is 3. The number of nitrogens with one attached hydrogen (secondary N) is 1. The molecule has 23 heavy (non-hydrogen) atoms. The molecule has 0 atom stereocenters. The number of ether oxygens (including phenoxy) is 1. The number of carbonyl (C=O) groups is 1. The summed E-state index contributed by atoms with van der Waals surface area (Å²) >= 11 is 0. The molecule has 6 nitrogen and oxygen atoms in total. The lowest BCUT2D eigenvalue weighted by Gasteiger charge is -2.31. The van der Waals surface area contributed by atoms with Crippen LogP contribution in [0.25, 0.3) is 0 Å². The molecule has 2 rings (SSSR count). The largest absolute Gasteiger partial charge is 0.384 e. The van der Waals surface area contributed by atoms with Crippen LogP contribution in [0.1, 0.15) is 39.3 Å². The number of aryl methyl sites for hydroxylation is 1. The van der Waals surface area contributed by atoms with Gasteiger partial charge < -0.3 is 9.64 Å². The second-order valence-corrected chi connectivity index (χ2v) is 7.70. The number of urea groups is 1. The van der Waals surface area contributed by atoms with E-state index in [9.17, 15) is 4.79 Å². The second kappa shape index (κ2) is 7.34. The van der Waals surface area contributed by atoms with E-state index in [1.165, 1.54) is 0 Å². The molecule has 2 heterocycles. The summed E-state index contributed by atoms with van der Waals surface area (Å²) in [5, 5.41) is 7.49. The van der Waals surface area contributed by atoms with Crippen molar-refractivity contribution in [1.29, 1.82) is 0 Å². The van der Waals surface area contributed by atoms with Gasteiger partial charge in [0.05, 0.1) is 5.69 Å². The van der Waals surface area contributed by atoms with Gasteiger partial charge in [-0.1, -0.05) is 20.8 Å². The van der Waals surface area contributed by atoms with Crippen LogP contribution in [0.2, 0.25) is 0 Å². The minimum atomic E-state index is -0.0359. The van der Waals surface area contributed by atoms with E-state index >= 15 is 0 Å². The summed E-state index contributed by atoms with van der Waals surface area (Å²) in [6.45, 7) is 8.91. The Morgan fingerprint density at radius 1 is 1.39 bits per heavy atom. The highest BCUT2D eigenvalue weighted by atomic mass is 16.5. The summed E-state index contributed by atoms with van der Waals surface area (Å²) in [5.74, 6) is 1.33. The average molecular weight is 322 g/mol. The number of methoxy groups -OCH3 is 1.